The Morgan fingerprint density at radius 1 is 1.55 bits per heavy atom. The molecule has 2 rings (SSSR count). The Balaban J connectivity index is 2.41. The van der Waals surface area contributed by atoms with Crippen LogP contribution < -0.4 is 10.6 Å². The molecule has 1 aliphatic heterocycles. The summed E-state index contributed by atoms with van der Waals surface area (Å²) in [5, 5.41) is 11.1. The summed E-state index contributed by atoms with van der Waals surface area (Å²) in [6, 6.07) is 2.17. The molecule has 108 valence electrons. The maximum absolute atomic E-state index is 13.5. The molecule has 0 aromatic heterocycles. The number of hydrogen-bond donors (Lipinski definition) is 1. The highest BCUT2D eigenvalue weighted by molar-refractivity contribution is 9.10. The third kappa shape index (κ3) is 2.90. The van der Waals surface area contributed by atoms with E-state index in [0.29, 0.717) is 19.4 Å². The zero-order chi connectivity index (χ0) is 14.9. The lowest BCUT2D eigenvalue weighted by Gasteiger charge is -2.32. The standard InChI is InChI=1S/C12H13BrFN3O3/c13-9-4-8(14)5-10(11(9)17(19)20)16-3-1-2-7(6-16)12(15)18/h4-5,7H,1-3,6H2,(H2,15,18). The number of amides is 1. The van der Waals surface area contributed by atoms with Crippen molar-refractivity contribution in [3.05, 3.63) is 32.5 Å². The van der Waals surface area contributed by atoms with Gasteiger partial charge in [0.25, 0.3) is 0 Å². The van der Waals surface area contributed by atoms with Crippen molar-refractivity contribution in [2.75, 3.05) is 18.0 Å². The number of primary amides is 1. The number of nitrogens with two attached hydrogens (primary N) is 1. The first-order chi connectivity index (χ1) is 9.40. The van der Waals surface area contributed by atoms with E-state index in [2.05, 4.69) is 15.9 Å². The predicted molar refractivity (Wildman–Crippen MR) is 74.9 cm³/mol. The van der Waals surface area contributed by atoms with E-state index in [1.54, 1.807) is 4.90 Å². The molecule has 1 fully saturated rings. The Bertz CT molecular complexity index is 567. The van der Waals surface area contributed by atoms with Crippen molar-refractivity contribution in [3.63, 3.8) is 0 Å². The van der Waals surface area contributed by atoms with Crippen LogP contribution in [-0.4, -0.2) is 23.9 Å². The van der Waals surface area contributed by atoms with Crippen LogP contribution in [0.15, 0.2) is 16.6 Å². The molecule has 1 amide bonds. The van der Waals surface area contributed by atoms with Crippen LogP contribution in [0.5, 0.6) is 0 Å². The monoisotopic (exact) mass is 345 g/mol. The number of piperidine rings is 1. The van der Waals surface area contributed by atoms with Crippen molar-refractivity contribution >= 4 is 33.2 Å². The smallest absolute Gasteiger partial charge is 0.306 e. The molecular formula is C12H13BrFN3O3. The zero-order valence-electron chi connectivity index (χ0n) is 10.5. The van der Waals surface area contributed by atoms with E-state index in [9.17, 15) is 19.3 Å². The Labute approximate surface area is 123 Å². The molecule has 8 heteroatoms. The number of rotatable bonds is 3. The van der Waals surface area contributed by atoms with E-state index in [0.717, 1.165) is 12.1 Å². The van der Waals surface area contributed by atoms with E-state index < -0.39 is 16.6 Å². The normalized spacial score (nSPS) is 18.9. The highest BCUT2D eigenvalue weighted by Crippen LogP contribution is 2.38. The molecule has 0 aliphatic carbocycles. The van der Waals surface area contributed by atoms with Crippen LogP contribution in [0.2, 0.25) is 0 Å². The second kappa shape index (κ2) is 5.74. The first-order valence-corrected chi connectivity index (χ1v) is 6.87. The molecule has 1 saturated heterocycles. The van der Waals surface area contributed by atoms with Crippen LogP contribution in [0.4, 0.5) is 15.8 Å². The van der Waals surface area contributed by atoms with E-state index in [1.807, 2.05) is 0 Å². The molecule has 1 heterocycles. The molecule has 1 atom stereocenters. The number of hydrogen-bond acceptors (Lipinski definition) is 4. The van der Waals surface area contributed by atoms with Gasteiger partial charge < -0.3 is 10.6 Å². The van der Waals surface area contributed by atoms with Crippen LogP contribution in [0.3, 0.4) is 0 Å². The largest absolute Gasteiger partial charge is 0.369 e. The summed E-state index contributed by atoms with van der Waals surface area (Å²) >= 11 is 3.01. The van der Waals surface area contributed by atoms with Crippen molar-refractivity contribution in [3.8, 4) is 0 Å². The lowest BCUT2D eigenvalue weighted by atomic mass is 9.97. The first kappa shape index (κ1) is 14.7. The van der Waals surface area contributed by atoms with Crippen molar-refractivity contribution in [2.45, 2.75) is 12.8 Å². The van der Waals surface area contributed by atoms with Gasteiger partial charge in [-0.15, -0.1) is 0 Å². The summed E-state index contributed by atoms with van der Waals surface area (Å²) < 4.78 is 13.6. The molecule has 1 aromatic carbocycles. The number of nitro benzene ring substituents is 1. The van der Waals surface area contributed by atoms with Gasteiger partial charge in [0.15, 0.2) is 0 Å². The second-order valence-corrected chi connectivity index (χ2v) is 5.55. The van der Waals surface area contributed by atoms with Crippen LogP contribution in [-0.2, 0) is 4.79 Å². The maximum Gasteiger partial charge on any atom is 0.306 e. The zero-order valence-corrected chi connectivity index (χ0v) is 12.1. The molecule has 1 unspecified atom stereocenters. The van der Waals surface area contributed by atoms with E-state index in [4.69, 9.17) is 5.73 Å². The Morgan fingerprint density at radius 3 is 2.85 bits per heavy atom. The molecule has 0 saturated carbocycles. The topological polar surface area (TPSA) is 89.5 Å². The number of nitrogens with zero attached hydrogens (tertiary/aromatic N) is 2. The Kier molecular flexibility index (Phi) is 4.22. The number of carbonyl (C=O) groups is 1. The minimum absolute atomic E-state index is 0.0821. The van der Waals surface area contributed by atoms with Gasteiger partial charge in [0.2, 0.25) is 5.91 Å². The van der Waals surface area contributed by atoms with Gasteiger partial charge in [-0.1, -0.05) is 0 Å². The number of halogens is 2. The van der Waals surface area contributed by atoms with Gasteiger partial charge in [-0.2, -0.15) is 0 Å². The molecular weight excluding hydrogens is 333 g/mol. The van der Waals surface area contributed by atoms with Crippen LogP contribution in [0.25, 0.3) is 0 Å². The van der Waals surface area contributed by atoms with Gasteiger partial charge in [0.05, 0.1) is 10.8 Å². The molecule has 1 aliphatic rings. The van der Waals surface area contributed by atoms with Gasteiger partial charge in [0, 0.05) is 19.2 Å². The fourth-order valence-corrected chi connectivity index (χ4v) is 2.97. The number of nitro groups is 1. The summed E-state index contributed by atoms with van der Waals surface area (Å²) in [5.41, 5.74) is 5.26. The lowest BCUT2D eigenvalue weighted by molar-refractivity contribution is -0.385. The quantitative estimate of drug-likeness (QED) is 0.671. The van der Waals surface area contributed by atoms with Crippen molar-refractivity contribution in [1.82, 2.24) is 0 Å². The Morgan fingerprint density at radius 2 is 2.25 bits per heavy atom. The first-order valence-electron chi connectivity index (χ1n) is 6.08. The maximum atomic E-state index is 13.5. The van der Waals surface area contributed by atoms with Crippen LogP contribution in [0.1, 0.15) is 12.8 Å². The van der Waals surface area contributed by atoms with Gasteiger partial charge in [-0.25, -0.2) is 4.39 Å². The lowest BCUT2D eigenvalue weighted by Crippen LogP contribution is -2.41. The fraction of sp³-hybridized carbons (Fsp3) is 0.417. The summed E-state index contributed by atoms with van der Waals surface area (Å²) in [7, 11) is 0. The van der Waals surface area contributed by atoms with Crippen molar-refractivity contribution < 1.29 is 14.1 Å². The minimum Gasteiger partial charge on any atom is -0.369 e. The third-order valence-electron chi connectivity index (χ3n) is 3.36. The minimum atomic E-state index is -0.571. The second-order valence-electron chi connectivity index (χ2n) is 4.70. The summed E-state index contributed by atoms with van der Waals surface area (Å²) in [5.74, 6) is -1.38. The number of benzene rings is 1. The Hall–Kier alpha value is -1.70. The highest BCUT2D eigenvalue weighted by atomic mass is 79.9. The van der Waals surface area contributed by atoms with Gasteiger partial charge in [0.1, 0.15) is 16.0 Å². The molecule has 0 spiro atoms. The SMILES string of the molecule is NC(=O)C1CCCN(c2cc(F)cc(Br)c2[N+](=O)[O-])C1. The van der Waals surface area contributed by atoms with Crippen molar-refractivity contribution in [1.29, 1.82) is 0 Å². The summed E-state index contributed by atoms with van der Waals surface area (Å²) in [4.78, 5) is 23.5. The van der Waals surface area contributed by atoms with E-state index >= 15 is 0 Å². The molecule has 0 radical (unpaired) electrons. The summed E-state index contributed by atoms with van der Waals surface area (Å²) in [6.07, 6.45) is 1.33. The van der Waals surface area contributed by atoms with E-state index in [-0.39, 0.29) is 28.3 Å². The number of anilines is 1. The number of carbonyl (C=O) groups excluding carboxylic acids is 1. The van der Waals surface area contributed by atoms with Crippen LogP contribution in [0, 0.1) is 21.8 Å². The predicted octanol–water partition coefficient (Wildman–Crippen LogP) is 2.20. The summed E-state index contributed by atoms with van der Waals surface area (Å²) in [6.45, 7) is 0.798. The van der Waals surface area contributed by atoms with E-state index in [1.165, 1.54) is 0 Å². The fourth-order valence-electron chi connectivity index (χ4n) is 2.40. The molecule has 6 nitrogen and oxygen atoms in total. The molecule has 2 N–H and O–H groups in total. The van der Waals surface area contributed by atoms with Crippen molar-refractivity contribution in [2.24, 2.45) is 11.7 Å². The van der Waals surface area contributed by atoms with Gasteiger partial charge >= 0.3 is 5.69 Å². The van der Waals surface area contributed by atoms with Gasteiger partial charge in [-0.05, 0) is 34.8 Å². The van der Waals surface area contributed by atoms with Gasteiger partial charge in [-0.3, -0.25) is 14.9 Å². The third-order valence-corrected chi connectivity index (χ3v) is 3.96. The van der Waals surface area contributed by atoms with Crippen LogP contribution >= 0.6 is 15.9 Å². The molecule has 1 aromatic rings. The average molecular weight is 346 g/mol. The molecule has 20 heavy (non-hydrogen) atoms. The highest BCUT2D eigenvalue weighted by Gasteiger charge is 2.30. The average Bonchev–Trinajstić information content (AvgIpc) is 2.37. The molecule has 0 bridgehead atoms.